The number of hydrogen-bond donors (Lipinski definition) is 0. The third-order valence-corrected chi connectivity index (χ3v) is 6.96. The second-order valence-electron chi connectivity index (χ2n) is 9.53. The molecule has 0 saturated carbocycles. The van der Waals surface area contributed by atoms with Crippen molar-refractivity contribution in [3.05, 3.63) is 122 Å². The van der Waals surface area contributed by atoms with Crippen molar-refractivity contribution in [3.8, 4) is 45.7 Å². The van der Waals surface area contributed by atoms with Gasteiger partial charge < -0.3 is 0 Å². The largest absolute Gasteiger partial charge is 0.298 e. The maximum atomic E-state index is 5.13. The number of imidazole rings is 1. The summed E-state index contributed by atoms with van der Waals surface area (Å²) in [6.07, 6.45) is 5.48. The van der Waals surface area contributed by atoms with E-state index in [1.54, 1.807) is 12.4 Å². The van der Waals surface area contributed by atoms with E-state index in [-0.39, 0.29) is 0 Å². The van der Waals surface area contributed by atoms with E-state index >= 15 is 0 Å². The summed E-state index contributed by atoms with van der Waals surface area (Å²) >= 11 is 0. The van der Waals surface area contributed by atoms with Crippen molar-refractivity contribution in [1.82, 2.24) is 39.3 Å². The van der Waals surface area contributed by atoms with Crippen LogP contribution in [-0.2, 0) is 0 Å². The molecule has 0 spiro atoms. The lowest BCUT2D eigenvalue weighted by molar-refractivity contribution is 1.05. The topological polar surface area (TPSA) is 94.6 Å². The SMILES string of the molecule is c1ccc(-c2nc(-c3cccc(-c4nc5ccccc5c5nc6ccccn6c45)c3)nc(-c3ccccn3)n2)nc1. The lowest BCUT2D eigenvalue weighted by Gasteiger charge is -2.10. The molecule has 6 heterocycles. The fourth-order valence-electron chi connectivity index (χ4n) is 5.09. The molecule has 8 heteroatoms. The van der Waals surface area contributed by atoms with Crippen molar-refractivity contribution in [3.63, 3.8) is 0 Å². The average Bonchev–Trinajstić information content (AvgIpc) is 3.45. The quantitative estimate of drug-likeness (QED) is 0.251. The number of para-hydroxylation sites is 1. The van der Waals surface area contributed by atoms with Crippen LogP contribution in [0.5, 0.6) is 0 Å². The van der Waals surface area contributed by atoms with Crippen molar-refractivity contribution >= 4 is 27.6 Å². The molecule has 0 amide bonds. The van der Waals surface area contributed by atoms with E-state index in [1.807, 2.05) is 91.1 Å². The maximum absolute atomic E-state index is 5.13. The number of pyridine rings is 4. The molecule has 0 radical (unpaired) electrons. The van der Waals surface area contributed by atoms with Gasteiger partial charge in [0.15, 0.2) is 17.5 Å². The van der Waals surface area contributed by atoms with Crippen LogP contribution in [0.15, 0.2) is 122 Å². The fraction of sp³-hybridized carbons (Fsp3) is 0. The van der Waals surface area contributed by atoms with Crippen LogP contribution >= 0.6 is 0 Å². The van der Waals surface area contributed by atoms with E-state index in [4.69, 9.17) is 24.9 Å². The first-order valence-electron chi connectivity index (χ1n) is 13.2. The molecule has 0 atom stereocenters. The van der Waals surface area contributed by atoms with Gasteiger partial charge in [-0.2, -0.15) is 0 Å². The van der Waals surface area contributed by atoms with Gasteiger partial charge in [0.2, 0.25) is 0 Å². The summed E-state index contributed by atoms with van der Waals surface area (Å²) in [4.78, 5) is 33.4. The molecule has 2 aromatic carbocycles. The zero-order chi connectivity index (χ0) is 27.2. The molecule has 41 heavy (non-hydrogen) atoms. The van der Waals surface area contributed by atoms with Crippen LogP contribution in [0.1, 0.15) is 0 Å². The van der Waals surface area contributed by atoms with Crippen molar-refractivity contribution in [2.45, 2.75) is 0 Å². The minimum Gasteiger partial charge on any atom is -0.298 e. The van der Waals surface area contributed by atoms with Gasteiger partial charge in [0, 0.05) is 35.1 Å². The number of nitrogens with zero attached hydrogens (tertiary/aromatic N) is 8. The number of aromatic nitrogens is 8. The smallest absolute Gasteiger partial charge is 0.182 e. The van der Waals surface area contributed by atoms with Gasteiger partial charge in [0.1, 0.15) is 22.6 Å². The second kappa shape index (κ2) is 9.39. The molecule has 0 bridgehead atoms. The van der Waals surface area contributed by atoms with Gasteiger partial charge >= 0.3 is 0 Å². The predicted octanol–water partition coefficient (Wildman–Crippen LogP) is 6.68. The van der Waals surface area contributed by atoms with E-state index in [2.05, 4.69) is 32.6 Å². The normalized spacial score (nSPS) is 11.4. The lowest BCUT2D eigenvalue weighted by Crippen LogP contribution is -2.02. The highest BCUT2D eigenvalue weighted by Crippen LogP contribution is 2.34. The van der Waals surface area contributed by atoms with Gasteiger partial charge in [0.05, 0.1) is 16.7 Å². The molecule has 0 aliphatic rings. The van der Waals surface area contributed by atoms with E-state index in [0.717, 1.165) is 44.4 Å². The molecule has 8 aromatic rings. The molecule has 0 fully saturated rings. The summed E-state index contributed by atoms with van der Waals surface area (Å²) in [5, 5.41) is 1.02. The Morgan fingerprint density at radius 1 is 0.512 bits per heavy atom. The molecule has 0 N–H and O–H groups in total. The van der Waals surface area contributed by atoms with Gasteiger partial charge in [-0.3, -0.25) is 14.4 Å². The number of hydrogen-bond acceptors (Lipinski definition) is 7. The van der Waals surface area contributed by atoms with E-state index in [0.29, 0.717) is 28.9 Å². The lowest BCUT2D eigenvalue weighted by atomic mass is 10.0. The third-order valence-electron chi connectivity index (χ3n) is 6.96. The molecule has 6 aromatic heterocycles. The molecule has 0 saturated heterocycles. The highest BCUT2D eigenvalue weighted by molar-refractivity contribution is 6.09. The van der Waals surface area contributed by atoms with Crippen molar-refractivity contribution < 1.29 is 0 Å². The molecule has 192 valence electrons. The average molecular weight is 529 g/mol. The van der Waals surface area contributed by atoms with E-state index in [9.17, 15) is 0 Å². The Morgan fingerprint density at radius 2 is 1.20 bits per heavy atom. The maximum Gasteiger partial charge on any atom is 0.182 e. The molecule has 0 unspecified atom stereocenters. The van der Waals surface area contributed by atoms with Crippen LogP contribution in [0.4, 0.5) is 0 Å². The van der Waals surface area contributed by atoms with Crippen LogP contribution in [0, 0.1) is 0 Å². The van der Waals surface area contributed by atoms with Crippen LogP contribution in [0.3, 0.4) is 0 Å². The highest BCUT2D eigenvalue weighted by Gasteiger charge is 2.18. The summed E-state index contributed by atoms with van der Waals surface area (Å²) in [7, 11) is 0. The molecule has 8 rings (SSSR count). The third kappa shape index (κ3) is 3.97. The van der Waals surface area contributed by atoms with Crippen molar-refractivity contribution in [1.29, 1.82) is 0 Å². The first-order valence-corrected chi connectivity index (χ1v) is 13.2. The Balaban J connectivity index is 1.36. The second-order valence-corrected chi connectivity index (χ2v) is 9.53. The fourth-order valence-corrected chi connectivity index (χ4v) is 5.09. The summed E-state index contributed by atoms with van der Waals surface area (Å²) in [5.41, 5.74) is 7.55. The van der Waals surface area contributed by atoms with Gasteiger partial charge in [0.25, 0.3) is 0 Å². The van der Waals surface area contributed by atoms with Crippen molar-refractivity contribution in [2.75, 3.05) is 0 Å². The molecule has 0 aliphatic heterocycles. The minimum absolute atomic E-state index is 0.481. The Morgan fingerprint density at radius 3 is 1.95 bits per heavy atom. The highest BCUT2D eigenvalue weighted by atomic mass is 15.1. The monoisotopic (exact) mass is 528 g/mol. The number of fused-ring (bicyclic) bond motifs is 5. The molecule has 0 aliphatic carbocycles. The van der Waals surface area contributed by atoms with Crippen LogP contribution < -0.4 is 0 Å². The van der Waals surface area contributed by atoms with Crippen LogP contribution in [-0.4, -0.2) is 39.3 Å². The van der Waals surface area contributed by atoms with Gasteiger partial charge in [-0.1, -0.05) is 54.6 Å². The summed E-state index contributed by atoms with van der Waals surface area (Å²) in [6.45, 7) is 0. The Labute approximate surface area is 234 Å². The van der Waals surface area contributed by atoms with Crippen LogP contribution in [0.25, 0.3) is 73.3 Å². The van der Waals surface area contributed by atoms with Crippen LogP contribution in [0.2, 0.25) is 0 Å². The van der Waals surface area contributed by atoms with E-state index < -0.39 is 0 Å². The molecule has 8 nitrogen and oxygen atoms in total. The van der Waals surface area contributed by atoms with Crippen molar-refractivity contribution in [2.24, 2.45) is 0 Å². The zero-order valence-corrected chi connectivity index (χ0v) is 21.6. The Hall–Kier alpha value is -5.89. The van der Waals surface area contributed by atoms with Gasteiger partial charge in [-0.25, -0.2) is 24.9 Å². The van der Waals surface area contributed by atoms with Gasteiger partial charge in [-0.05, 0) is 48.5 Å². The zero-order valence-electron chi connectivity index (χ0n) is 21.6. The summed E-state index contributed by atoms with van der Waals surface area (Å²) < 4.78 is 2.10. The Kier molecular flexibility index (Phi) is 5.28. The van der Waals surface area contributed by atoms with Gasteiger partial charge in [-0.15, -0.1) is 0 Å². The standard InChI is InChI=1S/C33H20N8/c1-2-13-24-23(12-1)29-30(41-19-8-5-16-27(41)37-29)28(36-24)21-10-9-11-22(20-21)31-38-32(25-14-3-6-17-34-25)40-33(39-31)26-15-4-7-18-35-26/h1-20H. The summed E-state index contributed by atoms with van der Waals surface area (Å²) in [5.74, 6) is 1.49. The van der Waals surface area contributed by atoms with E-state index in [1.165, 1.54) is 0 Å². The number of rotatable bonds is 4. The molecular weight excluding hydrogens is 508 g/mol. The first-order chi connectivity index (χ1) is 20.3. The number of benzene rings is 2. The Bertz CT molecular complexity index is 2150. The first kappa shape index (κ1) is 23.0. The predicted molar refractivity (Wildman–Crippen MR) is 159 cm³/mol. The summed E-state index contributed by atoms with van der Waals surface area (Å²) in [6, 6.07) is 33.6. The molecular formula is C33H20N8. The minimum atomic E-state index is 0.481.